The molecule has 6 heteroatoms. The van der Waals surface area contributed by atoms with Crippen molar-refractivity contribution in [3.8, 4) is 45.7 Å². The highest BCUT2D eigenvalue weighted by molar-refractivity contribution is 6.19. The number of rotatable bonds is 5. The molecule has 0 spiro atoms. The van der Waals surface area contributed by atoms with E-state index in [2.05, 4.69) is 106 Å². The second kappa shape index (κ2) is 11.4. The number of fused-ring (bicyclic) bond motifs is 6. The zero-order valence-electron chi connectivity index (χ0n) is 26.8. The summed E-state index contributed by atoms with van der Waals surface area (Å²) in [5.74, 6) is 1.75. The van der Waals surface area contributed by atoms with E-state index >= 15 is 0 Å². The molecule has 0 saturated heterocycles. The highest BCUT2D eigenvalue weighted by atomic mass is 15.1. The Morgan fingerprint density at radius 1 is 0.340 bits per heavy atom. The fourth-order valence-electron chi connectivity index (χ4n) is 7.14. The molecule has 0 fully saturated rings. The van der Waals surface area contributed by atoms with Gasteiger partial charge in [-0.3, -0.25) is 4.98 Å². The molecule has 0 atom stereocenters. The summed E-state index contributed by atoms with van der Waals surface area (Å²) in [6.45, 7) is 0. The van der Waals surface area contributed by atoms with Crippen molar-refractivity contribution < 1.29 is 0 Å². The molecule has 0 unspecified atom stereocenters. The summed E-state index contributed by atoms with van der Waals surface area (Å²) in [7, 11) is 0. The van der Waals surface area contributed by atoms with Crippen molar-refractivity contribution in [2.45, 2.75) is 0 Å². The second-order valence-corrected chi connectivity index (χ2v) is 12.4. The molecular weight excluding hydrogens is 613 g/mol. The van der Waals surface area contributed by atoms with E-state index in [1.807, 2.05) is 72.9 Å². The molecule has 0 aliphatic rings. The number of hydrogen-bond donors (Lipinski definition) is 0. The first kappa shape index (κ1) is 28.1. The van der Waals surface area contributed by atoms with Gasteiger partial charge in [-0.05, 0) is 48.5 Å². The summed E-state index contributed by atoms with van der Waals surface area (Å²) in [6, 6.07) is 56.7. The predicted octanol–water partition coefficient (Wildman–Crippen LogP) is 10.5. The van der Waals surface area contributed by atoms with E-state index < -0.39 is 0 Å². The Hall–Kier alpha value is -6.92. The fourth-order valence-corrected chi connectivity index (χ4v) is 7.14. The number of pyridine rings is 1. The molecule has 4 heterocycles. The topological polar surface area (TPSA) is 61.4 Å². The van der Waals surface area contributed by atoms with Crippen molar-refractivity contribution in [2.75, 3.05) is 0 Å². The maximum absolute atomic E-state index is 4.97. The third-order valence-corrected chi connectivity index (χ3v) is 9.42. The summed E-state index contributed by atoms with van der Waals surface area (Å²) >= 11 is 0. The number of nitrogens with zero attached hydrogens (tertiary/aromatic N) is 6. The minimum absolute atomic E-state index is 0.528. The second-order valence-electron chi connectivity index (χ2n) is 12.4. The Balaban J connectivity index is 1.17. The minimum Gasteiger partial charge on any atom is -0.309 e. The van der Waals surface area contributed by atoms with Gasteiger partial charge in [-0.25, -0.2) is 15.0 Å². The normalized spacial score (nSPS) is 11.6. The molecule has 0 N–H and O–H groups in total. The van der Waals surface area contributed by atoms with Crippen molar-refractivity contribution in [2.24, 2.45) is 0 Å². The Bertz CT molecular complexity index is 2780. The molecule has 4 aromatic heterocycles. The van der Waals surface area contributed by atoms with E-state index in [1.54, 1.807) is 0 Å². The zero-order chi connectivity index (χ0) is 33.0. The van der Waals surface area contributed by atoms with Gasteiger partial charge in [-0.2, -0.15) is 0 Å². The van der Waals surface area contributed by atoms with Crippen molar-refractivity contribution in [3.63, 3.8) is 0 Å². The van der Waals surface area contributed by atoms with Gasteiger partial charge in [0.25, 0.3) is 0 Å². The van der Waals surface area contributed by atoms with Crippen LogP contribution in [0.25, 0.3) is 89.3 Å². The van der Waals surface area contributed by atoms with Gasteiger partial charge >= 0.3 is 0 Å². The molecular formula is C44H28N6. The lowest BCUT2D eigenvalue weighted by Gasteiger charge is -2.11. The van der Waals surface area contributed by atoms with Crippen LogP contribution in [-0.4, -0.2) is 29.1 Å². The van der Waals surface area contributed by atoms with Crippen molar-refractivity contribution in [1.82, 2.24) is 29.1 Å². The SMILES string of the molecule is c1ccc(-c2nc(-c3ccccc3)nc(-c3ccc(-n4c5ccccc5c5cc6c7ccccc7n(-c7ccccc7)c6cc54)cn3)n2)cc1. The van der Waals surface area contributed by atoms with Crippen LogP contribution in [0.5, 0.6) is 0 Å². The first-order valence-electron chi connectivity index (χ1n) is 16.7. The van der Waals surface area contributed by atoms with Crippen LogP contribution < -0.4 is 0 Å². The Morgan fingerprint density at radius 3 is 1.36 bits per heavy atom. The van der Waals surface area contributed by atoms with E-state index in [4.69, 9.17) is 19.9 Å². The first-order chi connectivity index (χ1) is 24.8. The van der Waals surface area contributed by atoms with Crippen LogP contribution in [0.4, 0.5) is 0 Å². The van der Waals surface area contributed by atoms with E-state index in [9.17, 15) is 0 Å². The molecule has 10 rings (SSSR count). The molecule has 234 valence electrons. The maximum Gasteiger partial charge on any atom is 0.182 e. The summed E-state index contributed by atoms with van der Waals surface area (Å²) in [5.41, 5.74) is 9.21. The smallest absolute Gasteiger partial charge is 0.182 e. The Morgan fingerprint density at radius 2 is 0.820 bits per heavy atom. The Labute approximate surface area is 287 Å². The zero-order valence-corrected chi connectivity index (χ0v) is 26.8. The van der Waals surface area contributed by atoms with E-state index in [0.717, 1.165) is 39.1 Å². The van der Waals surface area contributed by atoms with Gasteiger partial charge in [-0.1, -0.05) is 115 Å². The molecule has 0 saturated carbocycles. The van der Waals surface area contributed by atoms with Crippen LogP contribution in [0.1, 0.15) is 0 Å². The lowest BCUT2D eigenvalue weighted by molar-refractivity contribution is 1.05. The summed E-state index contributed by atoms with van der Waals surface area (Å²) in [6.07, 6.45) is 1.92. The highest BCUT2D eigenvalue weighted by Gasteiger charge is 2.19. The maximum atomic E-state index is 4.97. The molecule has 6 nitrogen and oxygen atoms in total. The molecule has 0 aliphatic carbocycles. The standard InChI is InChI=1S/C44H28N6/c1-4-14-29(15-5-1)42-46-43(30-16-6-2-7-17-30)48-44(47-42)37-25-24-32(28-45-37)50-39-23-13-11-21-34(39)36-26-35-33-20-10-12-22-38(33)49(40(35)27-41(36)50)31-18-8-3-9-19-31/h1-28H. The van der Waals surface area contributed by atoms with Crippen molar-refractivity contribution >= 4 is 43.6 Å². The summed E-state index contributed by atoms with van der Waals surface area (Å²) < 4.78 is 4.68. The van der Waals surface area contributed by atoms with E-state index in [-0.39, 0.29) is 0 Å². The average Bonchev–Trinajstić information content (AvgIpc) is 3.70. The van der Waals surface area contributed by atoms with Gasteiger partial charge in [0.2, 0.25) is 0 Å². The first-order valence-corrected chi connectivity index (χ1v) is 16.7. The number of hydrogen-bond acceptors (Lipinski definition) is 4. The van der Waals surface area contributed by atoms with Gasteiger partial charge in [-0.15, -0.1) is 0 Å². The third kappa shape index (κ3) is 4.50. The largest absolute Gasteiger partial charge is 0.309 e. The molecule has 0 radical (unpaired) electrons. The number of benzene rings is 6. The monoisotopic (exact) mass is 640 g/mol. The summed E-state index contributed by atoms with van der Waals surface area (Å²) in [5, 5.41) is 4.86. The number of aromatic nitrogens is 6. The van der Waals surface area contributed by atoms with Crippen LogP contribution in [0.15, 0.2) is 170 Å². The predicted molar refractivity (Wildman–Crippen MR) is 203 cm³/mol. The average molecular weight is 641 g/mol. The van der Waals surface area contributed by atoms with Crippen LogP contribution in [0, 0.1) is 0 Å². The van der Waals surface area contributed by atoms with Crippen LogP contribution in [-0.2, 0) is 0 Å². The van der Waals surface area contributed by atoms with Crippen LogP contribution in [0.2, 0.25) is 0 Å². The fraction of sp³-hybridized carbons (Fsp3) is 0. The third-order valence-electron chi connectivity index (χ3n) is 9.42. The molecule has 0 bridgehead atoms. The van der Waals surface area contributed by atoms with Crippen LogP contribution >= 0.6 is 0 Å². The number of para-hydroxylation sites is 3. The lowest BCUT2D eigenvalue weighted by atomic mass is 10.1. The van der Waals surface area contributed by atoms with Crippen LogP contribution in [0.3, 0.4) is 0 Å². The summed E-state index contributed by atoms with van der Waals surface area (Å²) in [4.78, 5) is 19.6. The molecule has 0 amide bonds. The van der Waals surface area contributed by atoms with E-state index in [1.165, 1.54) is 27.1 Å². The molecule has 0 aliphatic heterocycles. The molecule has 50 heavy (non-hydrogen) atoms. The minimum atomic E-state index is 0.528. The van der Waals surface area contributed by atoms with Gasteiger partial charge in [0.1, 0.15) is 5.69 Å². The van der Waals surface area contributed by atoms with Gasteiger partial charge in [0, 0.05) is 38.4 Å². The Kier molecular flexibility index (Phi) is 6.39. The highest BCUT2D eigenvalue weighted by Crippen LogP contribution is 2.39. The van der Waals surface area contributed by atoms with Gasteiger partial charge in [0.05, 0.1) is 34.0 Å². The quantitative estimate of drug-likeness (QED) is 0.188. The molecule has 6 aromatic carbocycles. The van der Waals surface area contributed by atoms with Gasteiger partial charge < -0.3 is 9.13 Å². The van der Waals surface area contributed by atoms with Gasteiger partial charge in [0.15, 0.2) is 17.5 Å². The molecule has 10 aromatic rings. The van der Waals surface area contributed by atoms with Crippen molar-refractivity contribution in [1.29, 1.82) is 0 Å². The van der Waals surface area contributed by atoms with Crippen molar-refractivity contribution in [3.05, 3.63) is 170 Å². The lowest BCUT2D eigenvalue weighted by Crippen LogP contribution is -2.02. The van der Waals surface area contributed by atoms with E-state index in [0.29, 0.717) is 23.2 Å².